The van der Waals surface area contributed by atoms with E-state index in [0.717, 1.165) is 31.5 Å². The molecule has 1 saturated heterocycles. The average molecular weight is 319 g/mol. The van der Waals surface area contributed by atoms with Crippen molar-refractivity contribution in [2.45, 2.75) is 65.2 Å². The number of hydrogen-bond donors (Lipinski definition) is 1. The lowest BCUT2D eigenvalue weighted by atomic mass is 9.40. The normalized spacial score (nSPS) is 46.4. The molecule has 4 saturated carbocycles. The number of piperidine rings is 1. The van der Waals surface area contributed by atoms with Crippen molar-refractivity contribution in [1.82, 2.24) is 10.2 Å². The van der Waals surface area contributed by atoms with Gasteiger partial charge in [-0.3, -0.25) is 4.79 Å². The molecule has 1 heterocycles. The molecule has 0 radical (unpaired) electrons. The zero-order valence-corrected chi connectivity index (χ0v) is 15.3. The third-order valence-corrected chi connectivity index (χ3v) is 7.47. The maximum absolute atomic E-state index is 13.5. The summed E-state index contributed by atoms with van der Waals surface area (Å²) in [5, 5.41) is 3.30. The van der Waals surface area contributed by atoms with E-state index in [4.69, 9.17) is 0 Å². The van der Waals surface area contributed by atoms with Gasteiger partial charge in [-0.25, -0.2) is 0 Å². The van der Waals surface area contributed by atoms with Crippen molar-refractivity contribution in [3.05, 3.63) is 0 Å². The number of amides is 1. The van der Waals surface area contributed by atoms with Gasteiger partial charge in [0, 0.05) is 13.1 Å². The summed E-state index contributed by atoms with van der Waals surface area (Å²) in [5.74, 6) is 2.10. The number of carbonyl (C=O) groups excluding carboxylic acids is 1. The summed E-state index contributed by atoms with van der Waals surface area (Å²) in [6, 6.07) is 0. The van der Waals surface area contributed by atoms with Crippen molar-refractivity contribution in [2.24, 2.45) is 28.1 Å². The van der Waals surface area contributed by atoms with Crippen molar-refractivity contribution in [3.8, 4) is 0 Å². The largest absolute Gasteiger partial charge is 0.342 e. The summed E-state index contributed by atoms with van der Waals surface area (Å²) in [5.41, 5.74) is 0.876. The van der Waals surface area contributed by atoms with Crippen LogP contribution in [0.25, 0.3) is 0 Å². The SMILES string of the molecule is CNCC1CCN(C(=O)C23CC4CC(C)(CC(C)(C4)C2)C3)CC1. The molecule has 0 spiro atoms. The molecule has 4 bridgehead atoms. The average Bonchev–Trinajstić information content (AvgIpc) is 2.44. The molecule has 4 aliphatic carbocycles. The molecular weight excluding hydrogens is 284 g/mol. The molecule has 5 rings (SSSR count). The summed E-state index contributed by atoms with van der Waals surface area (Å²) >= 11 is 0. The second kappa shape index (κ2) is 5.21. The molecule has 0 aromatic rings. The predicted molar refractivity (Wildman–Crippen MR) is 93.1 cm³/mol. The highest BCUT2D eigenvalue weighted by Crippen LogP contribution is 2.69. The van der Waals surface area contributed by atoms with Gasteiger partial charge in [-0.2, -0.15) is 0 Å². The number of nitrogens with one attached hydrogen (secondary N) is 1. The first kappa shape index (κ1) is 15.9. The summed E-state index contributed by atoms with van der Waals surface area (Å²) < 4.78 is 0. The monoisotopic (exact) mass is 318 g/mol. The number of rotatable bonds is 3. The lowest BCUT2D eigenvalue weighted by Crippen LogP contribution is -2.61. The molecule has 0 aromatic carbocycles. The zero-order chi connectivity index (χ0) is 16.3. The molecule has 1 N–H and O–H groups in total. The van der Waals surface area contributed by atoms with E-state index in [2.05, 4.69) is 24.1 Å². The molecule has 23 heavy (non-hydrogen) atoms. The summed E-state index contributed by atoms with van der Waals surface area (Å²) in [4.78, 5) is 15.8. The van der Waals surface area contributed by atoms with Crippen LogP contribution in [-0.4, -0.2) is 37.5 Å². The molecule has 1 aliphatic heterocycles. The van der Waals surface area contributed by atoms with Crippen LogP contribution in [0.3, 0.4) is 0 Å². The Labute approximate surface area is 141 Å². The first-order chi connectivity index (χ1) is 10.9. The minimum atomic E-state index is -0.00123. The first-order valence-corrected chi connectivity index (χ1v) is 9.80. The van der Waals surface area contributed by atoms with Crippen LogP contribution in [-0.2, 0) is 4.79 Å². The van der Waals surface area contributed by atoms with Crippen LogP contribution in [0.4, 0.5) is 0 Å². The quantitative estimate of drug-likeness (QED) is 0.864. The standard InChI is InChI=1S/C20H34N2O/c1-18-8-16-9-19(2,12-18)14-20(10-16,13-18)17(23)22-6-4-15(5-7-22)11-21-3/h15-16,21H,4-14H2,1-3H3. The highest BCUT2D eigenvalue weighted by molar-refractivity contribution is 5.83. The maximum Gasteiger partial charge on any atom is 0.228 e. The molecule has 5 aliphatic rings. The van der Waals surface area contributed by atoms with Gasteiger partial charge in [0.25, 0.3) is 0 Å². The van der Waals surface area contributed by atoms with Crippen molar-refractivity contribution >= 4 is 5.91 Å². The van der Waals surface area contributed by atoms with E-state index in [1.807, 2.05) is 7.05 Å². The Morgan fingerprint density at radius 2 is 1.65 bits per heavy atom. The van der Waals surface area contributed by atoms with Gasteiger partial charge < -0.3 is 10.2 Å². The molecule has 3 nitrogen and oxygen atoms in total. The lowest BCUT2D eigenvalue weighted by Gasteiger charge is -2.65. The Bertz CT molecular complexity index is 476. The van der Waals surface area contributed by atoms with E-state index in [1.165, 1.54) is 51.4 Å². The van der Waals surface area contributed by atoms with Crippen LogP contribution in [0.5, 0.6) is 0 Å². The van der Waals surface area contributed by atoms with E-state index in [-0.39, 0.29) is 5.41 Å². The fraction of sp³-hybridized carbons (Fsp3) is 0.950. The van der Waals surface area contributed by atoms with Crippen LogP contribution in [0.15, 0.2) is 0 Å². The van der Waals surface area contributed by atoms with Crippen LogP contribution < -0.4 is 5.32 Å². The number of nitrogens with zero attached hydrogens (tertiary/aromatic N) is 1. The van der Waals surface area contributed by atoms with E-state index in [1.54, 1.807) is 0 Å². The molecule has 3 heteroatoms. The van der Waals surface area contributed by atoms with Gasteiger partial charge in [0.2, 0.25) is 5.91 Å². The smallest absolute Gasteiger partial charge is 0.228 e. The van der Waals surface area contributed by atoms with Gasteiger partial charge in [0.1, 0.15) is 0 Å². The van der Waals surface area contributed by atoms with Gasteiger partial charge in [-0.15, -0.1) is 0 Å². The minimum absolute atomic E-state index is 0.00123. The fourth-order valence-electron chi connectivity index (χ4n) is 7.65. The Balaban J connectivity index is 1.50. The Morgan fingerprint density at radius 1 is 1.04 bits per heavy atom. The van der Waals surface area contributed by atoms with Gasteiger partial charge in [0.05, 0.1) is 5.41 Å². The van der Waals surface area contributed by atoms with Crippen LogP contribution >= 0.6 is 0 Å². The topological polar surface area (TPSA) is 32.3 Å². The van der Waals surface area contributed by atoms with Crippen molar-refractivity contribution in [3.63, 3.8) is 0 Å². The van der Waals surface area contributed by atoms with Gasteiger partial charge in [0.15, 0.2) is 0 Å². The third-order valence-electron chi connectivity index (χ3n) is 7.47. The van der Waals surface area contributed by atoms with Crippen LogP contribution in [0.1, 0.15) is 65.2 Å². The van der Waals surface area contributed by atoms with E-state index < -0.39 is 0 Å². The maximum atomic E-state index is 13.5. The van der Waals surface area contributed by atoms with Gasteiger partial charge in [-0.05, 0) is 87.6 Å². The van der Waals surface area contributed by atoms with E-state index >= 15 is 0 Å². The molecule has 0 aromatic heterocycles. The van der Waals surface area contributed by atoms with Crippen LogP contribution in [0.2, 0.25) is 0 Å². The Hall–Kier alpha value is -0.570. The fourth-order valence-corrected chi connectivity index (χ4v) is 7.65. The molecular formula is C20H34N2O. The molecule has 2 unspecified atom stereocenters. The predicted octanol–water partition coefficient (Wildman–Crippen LogP) is 3.44. The summed E-state index contributed by atoms with van der Waals surface area (Å²) in [6.07, 6.45) is 10.00. The Morgan fingerprint density at radius 3 is 2.17 bits per heavy atom. The molecule has 1 amide bonds. The van der Waals surface area contributed by atoms with Crippen molar-refractivity contribution < 1.29 is 4.79 Å². The van der Waals surface area contributed by atoms with Crippen molar-refractivity contribution in [1.29, 1.82) is 0 Å². The molecule has 2 atom stereocenters. The summed E-state index contributed by atoms with van der Waals surface area (Å²) in [6.45, 7) is 8.02. The van der Waals surface area contributed by atoms with E-state index in [0.29, 0.717) is 16.7 Å². The van der Waals surface area contributed by atoms with Crippen LogP contribution in [0, 0.1) is 28.1 Å². The Kier molecular flexibility index (Phi) is 3.61. The first-order valence-electron chi connectivity index (χ1n) is 9.80. The molecule has 130 valence electrons. The third kappa shape index (κ3) is 2.63. The lowest BCUT2D eigenvalue weighted by molar-refractivity contribution is -0.180. The summed E-state index contributed by atoms with van der Waals surface area (Å²) in [7, 11) is 2.04. The minimum Gasteiger partial charge on any atom is -0.342 e. The molecule has 5 fully saturated rings. The number of carbonyl (C=O) groups is 1. The highest BCUT2D eigenvalue weighted by Gasteiger charge is 2.63. The second-order valence-corrected chi connectivity index (χ2v) is 10.2. The highest BCUT2D eigenvalue weighted by atomic mass is 16.2. The van der Waals surface area contributed by atoms with Crippen molar-refractivity contribution in [2.75, 3.05) is 26.7 Å². The number of likely N-dealkylation sites (tertiary alicyclic amines) is 1. The number of hydrogen-bond acceptors (Lipinski definition) is 2. The van der Waals surface area contributed by atoms with E-state index in [9.17, 15) is 4.79 Å². The van der Waals surface area contributed by atoms with Gasteiger partial charge in [-0.1, -0.05) is 13.8 Å². The second-order valence-electron chi connectivity index (χ2n) is 10.2. The van der Waals surface area contributed by atoms with Gasteiger partial charge >= 0.3 is 0 Å². The zero-order valence-electron chi connectivity index (χ0n) is 15.3.